The molecule has 0 atom stereocenters. The summed E-state index contributed by atoms with van der Waals surface area (Å²) in [6.07, 6.45) is 1.97. The molecule has 8 aromatic carbocycles. The molecule has 10 aromatic rings. The molecule has 0 aliphatic rings. The van der Waals surface area contributed by atoms with Crippen LogP contribution in [0.4, 0.5) is 17.1 Å². The second-order valence-corrected chi connectivity index (χ2v) is 13.2. The summed E-state index contributed by atoms with van der Waals surface area (Å²) in [4.78, 5) is 7.24. The van der Waals surface area contributed by atoms with Gasteiger partial charge in [0.1, 0.15) is 11.1 Å². The van der Waals surface area contributed by atoms with E-state index in [2.05, 4.69) is 175 Å². The van der Waals surface area contributed by atoms with Crippen LogP contribution in [0.25, 0.3) is 77.0 Å². The number of rotatable bonds is 6. The van der Waals surface area contributed by atoms with Crippen LogP contribution in [0.2, 0.25) is 0 Å². The minimum Gasteiger partial charge on any atom is -0.454 e. The van der Waals surface area contributed by atoms with Gasteiger partial charge in [0.2, 0.25) is 0 Å². The van der Waals surface area contributed by atoms with Crippen molar-refractivity contribution in [3.8, 4) is 33.4 Å². The summed E-state index contributed by atoms with van der Waals surface area (Å²) < 4.78 is 6.36. The second kappa shape index (κ2) is 12.4. The van der Waals surface area contributed by atoms with Gasteiger partial charge in [-0.05, 0) is 98.8 Å². The number of anilines is 3. The number of pyridine rings is 1. The van der Waals surface area contributed by atoms with Gasteiger partial charge in [-0.2, -0.15) is 0 Å². The quantitative estimate of drug-likeness (QED) is 0.177. The third kappa shape index (κ3) is 5.19. The molecule has 0 aliphatic carbocycles. The molecule has 0 saturated carbocycles. The molecule has 0 amide bonds. The SMILES string of the molecule is c1ccc(-c2ccc(-c3cccc(N(c4cccc(-c5cccc6ccccc56)c4)c4ccc5c(cnc6c7ccccc7oc56)c4)c3)cc2)cc1. The lowest BCUT2D eigenvalue weighted by Crippen LogP contribution is -2.10. The number of furan rings is 1. The van der Waals surface area contributed by atoms with E-state index in [1.807, 2.05) is 24.4 Å². The van der Waals surface area contributed by atoms with E-state index < -0.39 is 0 Å². The van der Waals surface area contributed by atoms with Crippen molar-refractivity contribution in [2.75, 3.05) is 4.90 Å². The Morgan fingerprint density at radius 1 is 0.385 bits per heavy atom. The van der Waals surface area contributed by atoms with Gasteiger partial charge in [0.25, 0.3) is 0 Å². The largest absolute Gasteiger partial charge is 0.454 e. The molecular formula is C49H32N2O. The number of fused-ring (bicyclic) bond motifs is 6. The van der Waals surface area contributed by atoms with Crippen LogP contribution in [0.15, 0.2) is 199 Å². The zero-order valence-corrected chi connectivity index (χ0v) is 28.3. The normalized spacial score (nSPS) is 11.5. The van der Waals surface area contributed by atoms with E-state index in [1.54, 1.807) is 0 Å². The van der Waals surface area contributed by atoms with Gasteiger partial charge in [-0.3, -0.25) is 4.98 Å². The minimum atomic E-state index is 0.815. The zero-order valence-electron chi connectivity index (χ0n) is 28.3. The van der Waals surface area contributed by atoms with Crippen molar-refractivity contribution in [3.05, 3.63) is 194 Å². The molecule has 0 radical (unpaired) electrons. The van der Waals surface area contributed by atoms with Gasteiger partial charge in [0.15, 0.2) is 5.58 Å². The maximum atomic E-state index is 6.36. The van der Waals surface area contributed by atoms with Gasteiger partial charge in [-0.1, -0.05) is 133 Å². The Bertz CT molecular complexity index is 2900. The first-order chi connectivity index (χ1) is 25.8. The average Bonchev–Trinajstić information content (AvgIpc) is 3.61. The van der Waals surface area contributed by atoms with Crippen molar-refractivity contribution >= 4 is 60.7 Å². The molecule has 0 saturated heterocycles. The first-order valence-electron chi connectivity index (χ1n) is 17.6. The standard InChI is InChI=1S/C49H32N2O/c1-2-11-33(12-3-1)34-23-25-35(26-24-34)37-15-8-17-40(29-37)51(41-18-9-16-38(30-41)44-21-10-14-36-13-4-5-19-43(36)44)42-27-28-45-39(31-42)32-50-48-46-20-6-7-22-47(46)52-49(45)48/h1-32H. The lowest BCUT2D eigenvalue weighted by molar-refractivity contribution is 0.672. The molecule has 2 aromatic heterocycles. The smallest absolute Gasteiger partial charge is 0.161 e. The Labute approximate surface area is 301 Å². The molecule has 244 valence electrons. The summed E-state index contributed by atoms with van der Waals surface area (Å²) in [6, 6.07) is 66.9. The van der Waals surface area contributed by atoms with Crippen LogP contribution in [0.5, 0.6) is 0 Å². The van der Waals surface area contributed by atoms with Crippen molar-refractivity contribution in [1.82, 2.24) is 4.98 Å². The molecule has 0 unspecified atom stereocenters. The van der Waals surface area contributed by atoms with E-state index in [9.17, 15) is 0 Å². The first-order valence-corrected chi connectivity index (χ1v) is 17.6. The van der Waals surface area contributed by atoms with Crippen LogP contribution in [0.3, 0.4) is 0 Å². The molecule has 3 nitrogen and oxygen atoms in total. The summed E-state index contributed by atoms with van der Waals surface area (Å²) in [6.45, 7) is 0. The molecule has 2 heterocycles. The fraction of sp³-hybridized carbons (Fsp3) is 0. The van der Waals surface area contributed by atoms with Crippen LogP contribution in [-0.4, -0.2) is 4.98 Å². The number of hydrogen-bond donors (Lipinski definition) is 0. The van der Waals surface area contributed by atoms with Crippen LogP contribution >= 0.6 is 0 Å². The number of para-hydroxylation sites is 1. The Morgan fingerprint density at radius 3 is 1.81 bits per heavy atom. The molecule has 10 rings (SSSR count). The Kier molecular flexibility index (Phi) is 7.14. The van der Waals surface area contributed by atoms with Crippen molar-refractivity contribution in [2.45, 2.75) is 0 Å². The van der Waals surface area contributed by atoms with E-state index >= 15 is 0 Å². The number of aromatic nitrogens is 1. The highest BCUT2D eigenvalue weighted by Crippen LogP contribution is 2.41. The first kappa shape index (κ1) is 29.9. The molecule has 3 heteroatoms. The summed E-state index contributed by atoms with van der Waals surface area (Å²) in [5.74, 6) is 0. The molecule has 52 heavy (non-hydrogen) atoms. The molecule has 0 N–H and O–H groups in total. The Morgan fingerprint density at radius 2 is 0.981 bits per heavy atom. The van der Waals surface area contributed by atoms with Crippen LogP contribution < -0.4 is 4.90 Å². The maximum Gasteiger partial charge on any atom is 0.161 e. The van der Waals surface area contributed by atoms with E-state index in [-0.39, 0.29) is 0 Å². The van der Waals surface area contributed by atoms with Gasteiger partial charge in [-0.15, -0.1) is 0 Å². The number of nitrogens with zero attached hydrogens (tertiary/aromatic N) is 2. The molecule has 0 spiro atoms. The highest BCUT2D eigenvalue weighted by atomic mass is 16.3. The van der Waals surface area contributed by atoms with Crippen molar-refractivity contribution < 1.29 is 4.42 Å². The van der Waals surface area contributed by atoms with Crippen molar-refractivity contribution in [1.29, 1.82) is 0 Å². The van der Waals surface area contributed by atoms with Crippen LogP contribution in [0.1, 0.15) is 0 Å². The predicted octanol–water partition coefficient (Wildman–Crippen LogP) is 13.8. The fourth-order valence-corrected chi connectivity index (χ4v) is 7.53. The van der Waals surface area contributed by atoms with Crippen molar-refractivity contribution in [2.24, 2.45) is 0 Å². The van der Waals surface area contributed by atoms with Gasteiger partial charge in [0.05, 0.1) is 0 Å². The van der Waals surface area contributed by atoms with Crippen molar-refractivity contribution in [3.63, 3.8) is 0 Å². The highest BCUT2D eigenvalue weighted by Gasteiger charge is 2.18. The summed E-state index contributed by atoms with van der Waals surface area (Å²) in [7, 11) is 0. The lowest BCUT2D eigenvalue weighted by Gasteiger charge is -2.27. The third-order valence-electron chi connectivity index (χ3n) is 10.1. The average molecular weight is 665 g/mol. The van der Waals surface area contributed by atoms with Crippen LogP contribution in [-0.2, 0) is 0 Å². The fourth-order valence-electron chi connectivity index (χ4n) is 7.53. The van der Waals surface area contributed by atoms with Crippen LogP contribution in [0, 0.1) is 0 Å². The van der Waals surface area contributed by atoms with Gasteiger partial charge in [0, 0.05) is 39.4 Å². The molecular weight excluding hydrogens is 633 g/mol. The molecule has 0 bridgehead atoms. The molecule has 0 aliphatic heterocycles. The van der Waals surface area contributed by atoms with Gasteiger partial charge < -0.3 is 9.32 Å². The topological polar surface area (TPSA) is 29.3 Å². The third-order valence-corrected chi connectivity index (χ3v) is 10.1. The maximum absolute atomic E-state index is 6.36. The van der Waals surface area contributed by atoms with E-state index in [4.69, 9.17) is 9.40 Å². The van der Waals surface area contributed by atoms with Gasteiger partial charge in [-0.25, -0.2) is 0 Å². The number of hydrogen-bond acceptors (Lipinski definition) is 3. The Hall–Kier alpha value is -6.97. The van der Waals surface area contributed by atoms with E-state index in [1.165, 1.54) is 38.6 Å². The van der Waals surface area contributed by atoms with Gasteiger partial charge >= 0.3 is 0 Å². The summed E-state index contributed by atoms with van der Waals surface area (Å²) >= 11 is 0. The Balaban J connectivity index is 1.12. The van der Waals surface area contributed by atoms with E-state index in [0.717, 1.165) is 55.5 Å². The molecule has 0 fully saturated rings. The lowest BCUT2D eigenvalue weighted by atomic mass is 9.97. The van der Waals surface area contributed by atoms with E-state index in [0.29, 0.717) is 0 Å². The second-order valence-electron chi connectivity index (χ2n) is 13.2. The summed E-state index contributed by atoms with van der Waals surface area (Å²) in [5.41, 5.74) is 12.8. The zero-order chi connectivity index (χ0) is 34.4. The monoisotopic (exact) mass is 664 g/mol. The predicted molar refractivity (Wildman–Crippen MR) is 218 cm³/mol. The minimum absolute atomic E-state index is 0.815. The summed E-state index contributed by atoms with van der Waals surface area (Å²) in [5, 5.41) is 5.56. The number of benzene rings is 8. The highest BCUT2D eigenvalue weighted by molar-refractivity contribution is 6.13.